The molecule has 10 atom stereocenters. The molecule has 6 aliphatic rings. The highest BCUT2D eigenvalue weighted by atomic mass is 16.6. The van der Waals surface area contributed by atoms with E-state index < -0.39 is 11.6 Å². The van der Waals surface area contributed by atoms with Gasteiger partial charge in [0.1, 0.15) is 23.4 Å². The quantitative estimate of drug-likeness (QED) is 0.420. The minimum atomic E-state index is -1.02. The number of terminal acetylenes is 1. The molecule has 4 saturated carbocycles. The largest absolute Gasteiger partial charge is 0.444 e. The van der Waals surface area contributed by atoms with E-state index in [0.29, 0.717) is 74.9 Å². The first-order valence-corrected chi connectivity index (χ1v) is 20.1. The summed E-state index contributed by atoms with van der Waals surface area (Å²) in [5.74, 6) is 4.62. The molecule has 4 aliphatic carbocycles. The number of aliphatic hydroxyl groups is 1. The van der Waals surface area contributed by atoms with Gasteiger partial charge in [-0.25, -0.2) is 9.78 Å². The van der Waals surface area contributed by atoms with Crippen molar-refractivity contribution >= 4 is 28.8 Å². The van der Waals surface area contributed by atoms with Gasteiger partial charge in [0.05, 0.1) is 5.52 Å². The van der Waals surface area contributed by atoms with Crippen LogP contribution >= 0.6 is 0 Å². The first kappa shape index (κ1) is 36.3. The number of likely N-dealkylation sites (tertiary alicyclic amines) is 1. The van der Waals surface area contributed by atoms with E-state index in [2.05, 4.69) is 29.7 Å². The number of carbonyl (C=O) groups excluding carboxylic acids is 3. The summed E-state index contributed by atoms with van der Waals surface area (Å²) in [5, 5.41) is 12.5. The van der Waals surface area contributed by atoms with Crippen LogP contribution < -0.4 is 0 Å². The van der Waals surface area contributed by atoms with Gasteiger partial charge < -0.3 is 24.5 Å². The van der Waals surface area contributed by atoms with Gasteiger partial charge in [-0.15, -0.1) is 6.42 Å². The summed E-state index contributed by atoms with van der Waals surface area (Å²) in [4.78, 5) is 53.2. The molecule has 6 fully saturated rings. The zero-order valence-corrected chi connectivity index (χ0v) is 32.0. The Hall–Kier alpha value is -3.68. The molecule has 2 aromatic rings. The third-order valence-electron chi connectivity index (χ3n) is 15.4. The van der Waals surface area contributed by atoms with Gasteiger partial charge in [-0.2, -0.15) is 0 Å². The van der Waals surface area contributed by atoms with Gasteiger partial charge in [-0.1, -0.05) is 44.0 Å². The number of nitrogens with zero attached hydrogens (tertiary/aromatic N) is 5. The molecule has 284 valence electrons. The highest BCUT2D eigenvalue weighted by Gasteiger charge is 2.65. The van der Waals surface area contributed by atoms with Crippen LogP contribution in [0.5, 0.6) is 0 Å². The van der Waals surface area contributed by atoms with E-state index in [9.17, 15) is 19.5 Å². The fraction of sp³-hybridized carbons (Fsp3) is 0.674. The molecule has 1 aromatic heterocycles. The zero-order valence-electron chi connectivity index (χ0n) is 32.0. The van der Waals surface area contributed by atoms with E-state index >= 15 is 0 Å². The summed E-state index contributed by atoms with van der Waals surface area (Å²) >= 11 is 0. The Labute approximate surface area is 314 Å². The van der Waals surface area contributed by atoms with Gasteiger partial charge in [0.25, 0.3) is 5.91 Å². The normalized spacial score (nSPS) is 38.4. The number of hydrogen-bond donors (Lipinski definition) is 1. The molecule has 10 nitrogen and oxygen atoms in total. The standard InChI is InChI=1S/C43H57N5O5/c1-6-43(52)20-18-32-30-15-14-29-26-37(53-40(51)45(4)5)36(27-41(29,2)31(30)17-19-42(32,43)3)46-22-24-47(25-23-46)39(50)35-12-9-21-48(35)38(49)34-16-13-28-10-7-8-11-33(28)44-34/h1,7-8,10-11,13,16,29-32,35-37,52H,9,12,14-15,17-27H2,2-5H3/t29-,30+,31-,32-,35-,36-,37-,41-,42-,43-/m0/s1. The number of aromatic nitrogens is 1. The van der Waals surface area contributed by atoms with E-state index in [4.69, 9.17) is 11.2 Å². The Kier molecular flexibility index (Phi) is 9.29. The van der Waals surface area contributed by atoms with E-state index in [-0.39, 0.29) is 40.9 Å². The van der Waals surface area contributed by atoms with Crippen LogP contribution in [0.2, 0.25) is 0 Å². The summed E-state index contributed by atoms with van der Waals surface area (Å²) in [5.41, 5.74) is -0.0227. The van der Waals surface area contributed by atoms with Crippen LogP contribution in [0.3, 0.4) is 0 Å². The van der Waals surface area contributed by atoms with Gasteiger partial charge in [-0.05, 0) is 105 Å². The van der Waals surface area contributed by atoms with Crippen molar-refractivity contribution in [2.24, 2.45) is 34.5 Å². The maximum absolute atomic E-state index is 14.1. The van der Waals surface area contributed by atoms with E-state index in [1.54, 1.807) is 25.1 Å². The number of rotatable bonds is 4. The van der Waals surface area contributed by atoms with Gasteiger partial charge in [-0.3, -0.25) is 14.5 Å². The molecule has 0 bridgehead atoms. The fourth-order valence-electron chi connectivity index (χ4n) is 12.3. The van der Waals surface area contributed by atoms with Crippen LogP contribution in [0.15, 0.2) is 36.4 Å². The van der Waals surface area contributed by atoms with Gasteiger partial charge in [0.15, 0.2) is 0 Å². The number of hydrogen-bond acceptors (Lipinski definition) is 7. The van der Waals surface area contributed by atoms with Gasteiger partial charge in [0, 0.05) is 63.7 Å². The lowest BCUT2D eigenvalue weighted by atomic mass is 9.44. The van der Waals surface area contributed by atoms with Crippen LogP contribution in [0, 0.1) is 46.8 Å². The highest BCUT2D eigenvalue weighted by Crippen LogP contribution is 2.68. The number of benzene rings is 1. The van der Waals surface area contributed by atoms with Crippen LogP contribution in [0.25, 0.3) is 10.9 Å². The van der Waals surface area contributed by atoms with Crippen LogP contribution in [0.4, 0.5) is 4.79 Å². The van der Waals surface area contributed by atoms with E-state index in [0.717, 1.165) is 62.3 Å². The first-order chi connectivity index (χ1) is 25.4. The number of amides is 3. The van der Waals surface area contributed by atoms with Crippen LogP contribution in [-0.4, -0.2) is 118 Å². The summed E-state index contributed by atoms with van der Waals surface area (Å²) in [6.07, 6.45) is 14.6. The Morgan fingerprint density at radius 3 is 2.45 bits per heavy atom. The predicted molar refractivity (Wildman–Crippen MR) is 203 cm³/mol. The minimum absolute atomic E-state index is 0.0198. The molecule has 0 radical (unpaired) electrons. The summed E-state index contributed by atoms with van der Waals surface area (Å²) in [6.45, 7) is 7.86. The Bertz CT molecular complexity index is 1800. The van der Waals surface area contributed by atoms with Gasteiger partial charge >= 0.3 is 6.09 Å². The van der Waals surface area contributed by atoms with Crippen molar-refractivity contribution in [3.05, 3.63) is 42.1 Å². The highest BCUT2D eigenvalue weighted by molar-refractivity contribution is 5.98. The number of fused-ring (bicyclic) bond motifs is 6. The van der Waals surface area contributed by atoms with Crippen molar-refractivity contribution in [3.63, 3.8) is 0 Å². The van der Waals surface area contributed by atoms with Crippen molar-refractivity contribution in [1.29, 1.82) is 0 Å². The number of para-hydroxylation sites is 1. The molecule has 0 spiro atoms. The number of pyridine rings is 1. The third-order valence-corrected chi connectivity index (χ3v) is 15.4. The Balaban J connectivity index is 0.974. The predicted octanol–water partition coefficient (Wildman–Crippen LogP) is 5.44. The second kappa shape index (κ2) is 13.6. The lowest BCUT2D eigenvalue weighted by Crippen LogP contribution is -2.63. The molecular weight excluding hydrogens is 667 g/mol. The van der Waals surface area contributed by atoms with Crippen LogP contribution in [-0.2, 0) is 9.53 Å². The Morgan fingerprint density at radius 2 is 1.70 bits per heavy atom. The van der Waals surface area contributed by atoms with Crippen molar-refractivity contribution in [1.82, 2.24) is 24.6 Å². The number of carbonyl (C=O) groups is 3. The maximum atomic E-state index is 14.1. The molecule has 10 heteroatoms. The third kappa shape index (κ3) is 5.92. The minimum Gasteiger partial charge on any atom is -0.444 e. The average Bonchev–Trinajstić information content (AvgIpc) is 3.76. The average molecular weight is 724 g/mol. The SMILES string of the molecule is C#C[C@]1(O)CC[C@H]2[C@@H]3CC[C@H]4C[C@H](OC(=O)N(C)C)[C@@H](N5CCN(C(=O)[C@@H]6CCCN6C(=O)c6ccc7ccccc7n6)CC5)C[C@]4(C)[C@H]3CC[C@@]21C. The van der Waals surface area contributed by atoms with Crippen molar-refractivity contribution in [2.45, 2.75) is 102 Å². The molecule has 8 rings (SSSR count). The Morgan fingerprint density at radius 1 is 0.943 bits per heavy atom. The molecular formula is C43H57N5O5. The number of piperazine rings is 1. The molecule has 1 N–H and O–H groups in total. The maximum Gasteiger partial charge on any atom is 0.409 e. The summed E-state index contributed by atoms with van der Waals surface area (Å²) in [6, 6.07) is 11.0. The smallest absolute Gasteiger partial charge is 0.409 e. The first-order valence-electron chi connectivity index (χ1n) is 20.1. The molecule has 53 heavy (non-hydrogen) atoms. The van der Waals surface area contributed by atoms with Gasteiger partial charge in [0.2, 0.25) is 5.91 Å². The molecule has 3 amide bonds. The topological polar surface area (TPSA) is 107 Å². The molecule has 2 saturated heterocycles. The monoisotopic (exact) mass is 723 g/mol. The van der Waals surface area contributed by atoms with Crippen molar-refractivity contribution in [2.75, 3.05) is 46.8 Å². The van der Waals surface area contributed by atoms with E-state index in [1.807, 2.05) is 35.2 Å². The van der Waals surface area contributed by atoms with Crippen LogP contribution in [0.1, 0.15) is 88.5 Å². The number of ether oxygens (including phenoxy) is 1. The molecule has 1 aromatic carbocycles. The van der Waals surface area contributed by atoms with Crippen molar-refractivity contribution < 1.29 is 24.2 Å². The lowest BCUT2D eigenvalue weighted by molar-refractivity contribution is -0.164. The zero-order chi connectivity index (χ0) is 37.3. The lowest BCUT2D eigenvalue weighted by Gasteiger charge is -2.63. The summed E-state index contributed by atoms with van der Waals surface area (Å²) in [7, 11) is 3.48. The summed E-state index contributed by atoms with van der Waals surface area (Å²) < 4.78 is 6.30. The molecule has 0 unspecified atom stereocenters. The molecule has 2 aliphatic heterocycles. The second-order valence-electron chi connectivity index (χ2n) is 17.9. The second-order valence-corrected chi connectivity index (χ2v) is 17.9. The molecule has 3 heterocycles. The van der Waals surface area contributed by atoms with E-state index in [1.165, 1.54) is 4.90 Å². The fourth-order valence-corrected chi connectivity index (χ4v) is 12.3. The van der Waals surface area contributed by atoms with Crippen molar-refractivity contribution in [3.8, 4) is 12.3 Å².